The zero-order valence-corrected chi connectivity index (χ0v) is 16.5. The van der Waals surface area contributed by atoms with E-state index in [2.05, 4.69) is 5.32 Å². The highest BCUT2D eigenvalue weighted by Gasteiger charge is 2.42. The standard InChI is InChI=1S/C17H31N3O4S/c1-5-7-8-13(11-20(24)12-21)15(22)18-14-16(23)19(6-2)9-10-25-17(14,3)4/h12-14,24H,5-11H2,1-4H3,(H,18,22)/t13-,14-/m1/s1. The van der Waals surface area contributed by atoms with Crippen LogP contribution in [0.25, 0.3) is 0 Å². The topological polar surface area (TPSA) is 90.0 Å². The van der Waals surface area contributed by atoms with E-state index >= 15 is 0 Å². The van der Waals surface area contributed by atoms with Gasteiger partial charge < -0.3 is 10.2 Å². The van der Waals surface area contributed by atoms with Gasteiger partial charge in [0, 0.05) is 23.6 Å². The highest BCUT2D eigenvalue weighted by atomic mass is 32.2. The van der Waals surface area contributed by atoms with E-state index in [1.807, 2.05) is 27.7 Å². The summed E-state index contributed by atoms with van der Waals surface area (Å²) in [4.78, 5) is 38.0. The van der Waals surface area contributed by atoms with Crippen LogP contribution in [0.4, 0.5) is 0 Å². The minimum Gasteiger partial charge on any atom is -0.343 e. The molecule has 0 aliphatic carbocycles. The summed E-state index contributed by atoms with van der Waals surface area (Å²) in [6, 6.07) is -0.625. The summed E-state index contributed by atoms with van der Waals surface area (Å²) < 4.78 is -0.421. The molecule has 1 aliphatic rings. The number of nitrogens with zero attached hydrogens (tertiary/aromatic N) is 2. The van der Waals surface area contributed by atoms with Crippen LogP contribution < -0.4 is 5.32 Å². The third-order valence-electron chi connectivity index (χ3n) is 4.56. The van der Waals surface area contributed by atoms with E-state index in [0.29, 0.717) is 31.0 Å². The Balaban J connectivity index is 2.92. The molecule has 7 nitrogen and oxygen atoms in total. The van der Waals surface area contributed by atoms with Crippen molar-refractivity contribution in [3.63, 3.8) is 0 Å². The van der Waals surface area contributed by atoms with E-state index in [9.17, 15) is 19.6 Å². The lowest BCUT2D eigenvalue weighted by molar-refractivity contribution is -0.155. The Bertz CT molecular complexity index is 473. The molecule has 1 saturated heterocycles. The highest BCUT2D eigenvalue weighted by molar-refractivity contribution is 8.00. The predicted octanol–water partition coefficient (Wildman–Crippen LogP) is 1.50. The molecular weight excluding hydrogens is 342 g/mol. The number of thioether (sulfide) groups is 1. The zero-order valence-electron chi connectivity index (χ0n) is 15.7. The number of rotatable bonds is 9. The number of unbranched alkanes of at least 4 members (excludes halogenated alkanes) is 1. The lowest BCUT2D eigenvalue weighted by Gasteiger charge is -2.34. The minimum atomic E-state index is -0.625. The minimum absolute atomic E-state index is 0.0681. The lowest BCUT2D eigenvalue weighted by Crippen LogP contribution is -2.57. The Morgan fingerprint density at radius 1 is 1.52 bits per heavy atom. The summed E-state index contributed by atoms with van der Waals surface area (Å²) in [5.41, 5.74) is 0. The van der Waals surface area contributed by atoms with Gasteiger partial charge in [-0.05, 0) is 27.2 Å². The van der Waals surface area contributed by atoms with Crippen molar-refractivity contribution in [3.8, 4) is 0 Å². The maximum absolute atomic E-state index is 12.8. The summed E-state index contributed by atoms with van der Waals surface area (Å²) in [7, 11) is 0. The molecule has 25 heavy (non-hydrogen) atoms. The number of amides is 3. The van der Waals surface area contributed by atoms with Gasteiger partial charge in [-0.25, -0.2) is 5.06 Å². The van der Waals surface area contributed by atoms with Gasteiger partial charge in [-0.2, -0.15) is 11.8 Å². The third kappa shape index (κ3) is 6.18. The third-order valence-corrected chi connectivity index (χ3v) is 5.93. The largest absolute Gasteiger partial charge is 0.343 e. The second-order valence-electron chi connectivity index (χ2n) is 6.88. The maximum atomic E-state index is 12.8. The van der Waals surface area contributed by atoms with Gasteiger partial charge in [-0.3, -0.25) is 19.6 Å². The van der Waals surface area contributed by atoms with Crippen molar-refractivity contribution in [2.45, 2.75) is 57.7 Å². The van der Waals surface area contributed by atoms with Crippen LogP contribution in [0.1, 0.15) is 47.0 Å². The normalized spacial score (nSPS) is 21.4. The van der Waals surface area contributed by atoms with E-state index in [0.717, 1.165) is 18.6 Å². The van der Waals surface area contributed by atoms with Crippen molar-refractivity contribution in [1.82, 2.24) is 15.3 Å². The molecule has 0 saturated carbocycles. The number of carbonyl (C=O) groups excluding carboxylic acids is 3. The molecule has 0 aromatic rings. The summed E-state index contributed by atoms with van der Waals surface area (Å²) >= 11 is 1.67. The molecule has 8 heteroatoms. The molecule has 144 valence electrons. The van der Waals surface area contributed by atoms with Crippen LogP contribution in [-0.4, -0.2) is 69.6 Å². The maximum Gasteiger partial charge on any atom is 0.246 e. The second-order valence-corrected chi connectivity index (χ2v) is 8.63. The lowest BCUT2D eigenvalue weighted by atomic mass is 9.97. The summed E-state index contributed by atoms with van der Waals surface area (Å²) in [5.74, 6) is -0.0777. The SMILES string of the molecule is CCCC[C@H](CN(O)C=O)C(=O)N[C@@H]1C(=O)N(CC)CCSC1(C)C. The van der Waals surface area contributed by atoms with Crippen molar-refractivity contribution < 1.29 is 19.6 Å². The van der Waals surface area contributed by atoms with Crippen molar-refractivity contribution in [2.75, 3.05) is 25.4 Å². The van der Waals surface area contributed by atoms with Crippen LogP contribution in [0.3, 0.4) is 0 Å². The number of hydrogen-bond donors (Lipinski definition) is 2. The first-order valence-electron chi connectivity index (χ1n) is 8.90. The van der Waals surface area contributed by atoms with E-state index < -0.39 is 16.7 Å². The fourth-order valence-electron chi connectivity index (χ4n) is 2.93. The number of likely N-dealkylation sites (N-methyl/N-ethyl adjacent to an activating group) is 1. The van der Waals surface area contributed by atoms with Gasteiger partial charge >= 0.3 is 0 Å². The molecule has 0 unspecified atom stereocenters. The fourth-order valence-corrected chi connectivity index (χ4v) is 4.09. The first kappa shape index (κ1) is 21.8. The van der Waals surface area contributed by atoms with E-state index in [4.69, 9.17) is 0 Å². The smallest absolute Gasteiger partial charge is 0.246 e. The molecule has 0 aromatic carbocycles. The van der Waals surface area contributed by atoms with Gasteiger partial charge in [0.15, 0.2) is 0 Å². The monoisotopic (exact) mass is 373 g/mol. The molecule has 2 N–H and O–H groups in total. The molecule has 1 fully saturated rings. The highest BCUT2D eigenvalue weighted by Crippen LogP contribution is 2.32. The van der Waals surface area contributed by atoms with Crippen molar-refractivity contribution in [2.24, 2.45) is 5.92 Å². The van der Waals surface area contributed by atoms with Gasteiger partial charge in [0.25, 0.3) is 0 Å². The van der Waals surface area contributed by atoms with E-state index in [-0.39, 0.29) is 18.4 Å². The quantitative estimate of drug-likeness (QED) is 0.363. The molecule has 0 bridgehead atoms. The number of nitrogens with one attached hydrogen (secondary N) is 1. The van der Waals surface area contributed by atoms with E-state index in [1.165, 1.54) is 0 Å². The van der Waals surface area contributed by atoms with Crippen molar-refractivity contribution in [1.29, 1.82) is 0 Å². The molecule has 0 aromatic heterocycles. The molecule has 0 spiro atoms. The molecular formula is C17H31N3O4S. The number of hydroxylamine groups is 2. The Labute approximate surface area is 154 Å². The Kier molecular flexibility index (Phi) is 8.71. The number of hydrogen-bond acceptors (Lipinski definition) is 5. The first-order valence-corrected chi connectivity index (χ1v) is 9.89. The summed E-state index contributed by atoms with van der Waals surface area (Å²) in [5, 5.41) is 12.9. The van der Waals surface area contributed by atoms with Gasteiger partial charge in [0.1, 0.15) is 6.04 Å². The average molecular weight is 374 g/mol. The summed E-state index contributed by atoms with van der Waals surface area (Å²) in [6.07, 6.45) is 2.56. The van der Waals surface area contributed by atoms with Crippen LogP contribution in [0, 0.1) is 5.92 Å². The van der Waals surface area contributed by atoms with Crippen LogP contribution >= 0.6 is 11.8 Å². The van der Waals surface area contributed by atoms with Crippen LogP contribution in [0.5, 0.6) is 0 Å². The van der Waals surface area contributed by atoms with Gasteiger partial charge in [0.05, 0.1) is 12.5 Å². The Morgan fingerprint density at radius 2 is 2.20 bits per heavy atom. The molecule has 1 rings (SSSR count). The van der Waals surface area contributed by atoms with Crippen molar-refractivity contribution >= 4 is 30.0 Å². The first-order chi connectivity index (χ1) is 11.8. The molecule has 1 heterocycles. The number of carbonyl (C=O) groups is 3. The fraction of sp³-hybridized carbons (Fsp3) is 0.824. The molecule has 3 amide bonds. The van der Waals surface area contributed by atoms with Crippen LogP contribution in [0.15, 0.2) is 0 Å². The Hall–Kier alpha value is -1.28. The summed E-state index contributed by atoms with van der Waals surface area (Å²) in [6.45, 7) is 9.08. The van der Waals surface area contributed by atoms with Gasteiger partial charge in [-0.1, -0.05) is 19.8 Å². The van der Waals surface area contributed by atoms with Crippen LogP contribution in [-0.2, 0) is 14.4 Å². The van der Waals surface area contributed by atoms with Gasteiger partial charge in [0.2, 0.25) is 18.2 Å². The average Bonchev–Trinajstić information content (AvgIpc) is 2.68. The van der Waals surface area contributed by atoms with Crippen LogP contribution in [0.2, 0.25) is 0 Å². The van der Waals surface area contributed by atoms with Gasteiger partial charge in [-0.15, -0.1) is 0 Å². The molecule has 1 aliphatic heterocycles. The second kappa shape index (κ2) is 10.0. The Morgan fingerprint density at radius 3 is 2.76 bits per heavy atom. The molecule has 0 radical (unpaired) electrons. The molecule has 2 atom stereocenters. The predicted molar refractivity (Wildman–Crippen MR) is 98.3 cm³/mol. The zero-order chi connectivity index (χ0) is 19.0. The van der Waals surface area contributed by atoms with Crippen molar-refractivity contribution in [3.05, 3.63) is 0 Å². The van der Waals surface area contributed by atoms with E-state index in [1.54, 1.807) is 16.7 Å².